The average molecular weight is 436 g/mol. The largest absolute Gasteiger partial charge is 0.264 e. The zero-order chi connectivity index (χ0) is 21.1. The lowest BCUT2D eigenvalue weighted by atomic mass is 10.0. The Morgan fingerprint density at radius 1 is 0.900 bits per heavy atom. The first-order valence-electron chi connectivity index (χ1n) is 9.74. The molecule has 0 fully saturated rings. The van der Waals surface area contributed by atoms with E-state index in [2.05, 4.69) is 0 Å². The number of aryl methyl sites for hydroxylation is 1. The molecule has 3 aromatic rings. The molecule has 3 aromatic carbocycles. The van der Waals surface area contributed by atoms with Crippen LogP contribution in [0.3, 0.4) is 0 Å². The van der Waals surface area contributed by atoms with E-state index in [1.807, 2.05) is 79.7 Å². The molecule has 4 rings (SSSR count). The first-order valence-corrected chi connectivity index (χ1v) is 11.6. The number of nitrogens with zero attached hydrogens (tertiary/aromatic N) is 1. The van der Waals surface area contributed by atoms with E-state index in [0.717, 1.165) is 22.3 Å². The molecule has 30 heavy (non-hydrogen) atoms. The first-order chi connectivity index (χ1) is 14.5. The van der Waals surface area contributed by atoms with Crippen LogP contribution in [0.2, 0.25) is 5.02 Å². The van der Waals surface area contributed by atoms with Crippen LogP contribution in [0.25, 0.3) is 5.57 Å². The highest BCUT2D eigenvalue weighted by Crippen LogP contribution is 2.37. The van der Waals surface area contributed by atoms with Crippen molar-refractivity contribution in [2.75, 3.05) is 0 Å². The predicted octanol–water partition coefficient (Wildman–Crippen LogP) is 6.38. The van der Waals surface area contributed by atoms with Crippen LogP contribution in [-0.2, 0) is 10.0 Å². The Hall–Kier alpha value is -2.82. The number of hydrogen-bond acceptors (Lipinski definition) is 2. The molecule has 0 bridgehead atoms. The fourth-order valence-corrected chi connectivity index (χ4v) is 5.27. The zero-order valence-electron chi connectivity index (χ0n) is 16.6. The Balaban J connectivity index is 1.89. The summed E-state index contributed by atoms with van der Waals surface area (Å²) >= 11 is 6.47. The van der Waals surface area contributed by atoms with Crippen molar-refractivity contribution in [3.63, 3.8) is 0 Å². The monoisotopic (exact) mass is 435 g/mol. The van der Waals surface area contributed by atoms with Gasteiger partial charge in [-0.15, -0.1) is 0 Å². The summed E-state index contributed by atoms with van der Waals surface area (Å²) < 4.78 is 28.9. The summed E-state index contributed by atoms with van der Waals surface area (Å²) in [5, 5.41) is 0.535. The van der Waals surface area contributed by atoms with Gasteiger partial charge in [0, 0.05) is 11.2 Å². The van der Waals surface area contributed by atoms with Crippen molar-refractivity contribution in [1.82, 2.24) is 4.31 Å². The van der Waals surface area contributed by atoms with Crippen LogP contribution < -0.4 is 0 Å². The van der Waals surface area contributed by atoms with Crippen LogP contribution in [0.1, 0.15) is 29.2 Å². The lowest BCUT2D eigenvalue weighted by molar-refractivity contribution is 0.460. The van der Waals surface area contributed by atoms with Gasteiger partial charge in [0.1, 0.15) is 0 Å². The summed E-state index contributed by atoms with van der Waals surface area (Å²) in [6.45, 7) is 1.94. The summed E-state index contributed by atoms with van der Waals surface area (Å²) in [5.74, 6) is 0. The maximum Gasteiger partial charge on any atom is 0.264 e. The highest BCUT2D eigenvalue weighted by atomic mass is 35.5. The van der Waals surface area contributed by atoms with Gasteiger partial charge in [0.15, 0.2) is 0 Å². The highest BCUT2D eigenvalue weighted by molar-refractivity contribution is 7.89. The van der Waals surface area contributed by atoms with Crippen molar-refractivity contribution in [2.24, 2.45) is 0 Å². The summed E-state index contributed by atoms with van der Waals surface area (Å²) in [5.41, 5.74) is 3.67. The molecule has 0 aromatic heterocycles. The Bertz CT molecular complexity index is 1200. The minimum absolute atomic E-state index is 0.254. The third kappa shape index (κ3) is 4.07. The number of benzene rings is 3. The molecule has 0 saturated carbocycles. The quantitative estimate of drug-likeness (QED) is 0.446. The first kappa shape index (κ1) is 20.5. The van der Waals surface area contributed by atoms with E-state index < -0.39 is 16.1 Å². The number of rotatable bonds is 4. The van der Waals surface area contributed by atoms with E-state index in [-0.39, 0.29) is 4.90 Å². The van der Waals surface area contributed by atoms with Crippen LogP contribution in [0.5, 0.6) is 0 Å². The molecule has 0 aliphatic carbocycles. The Kier molecular flexibility index (Phi) is 5.80. The third-order valence-electron chi connectivity index (χ3n) is 5.18. The van der Waals surface area contributed by atoms with Gasteiger partial charge in [-0.25, -0.2) is 8.42 Å². The number of sulfonamides is 1. The molecule has 1 unspecified atom stereocenters. The lowest BCUT2D eigenvalue weighted by Crippen LogP contribution is -2.29. The van der Waals surface area contributed by atoms with Crippen molar-refractivity contribution in [3.05, 3.63) is 119 Å². The van der Waals surface area contributed by atoms with Gasteiger partial charge in [-0.1, -0.05) is 90.0 Å². The van der Waals surface area contributed by atoms with Gasteiger partial charge < -0.3 is 0 Å². The lowest BCUT2D eigenvalue weighted by Gasteiger charge is -2.29. The van der Waals surface area contributed by atoms with E-state index >= 15 is 0 Å². The minimum Gasteiger partial charge on any atom is -0.262 e. The maximum absolute atomic E-state index is 13.7. The molecule has 1 heterocycles. The van der Waals surface area contributed by atoms with E-state index in [9.17, 15) is 8.42 Å². The van der Waals surface area contributed by atoms with Crippen LogP contribution in [0.15, 0.2) is 102 Å². The van der Waals surface area contributed by atoms with Gasteiger partial charge in [-0.2, -0.15) is 0 Å². The molecular formula is C25H22ClNO2S. The third-order valence-corrected chi connectivity index (χ3v) is 7.28. The molecule has 5 heteroatoms. The molecule has 0 saturated heterocycles. The average Bonchev–Trinajstić information content (AvgIpc) is 2.99. The zero-order valence-corrected chi connectivity index (χ0v) is 18.1. The van der Waals surface area contributed by atoms with Gasteiger partial charge >= 0.3 is 0 Å². The molecule has 3 nitrogen and oxygen atoms in total. The predicted molar refractivity (Wildman–Crippen MR) is 123 cm³/mol. The SMILES string of the molecule is Cc1ccc(S(=O)(=O)N2C=C(c3ccccc3)CC=CC2c2ccccc2Cl)cc1. The minimum atomic E-state index is -3.81. The van der Waals surface area contributed by atoms with Crippen molar-refractivity contribution in [1.29, 1.82) is 0 Å². The van der Waals surface area contributed by atoms with E-state index in [0.29, 0.717) is 11.4 Å². The van der Waals surface area contributed by atoms with Crippen LogP contribution in [0.4, 0.5) is 0 Å². The van der Waals surface area contributed by atoms with E-state index in [1.165, 1.54) is 4.31 Å². The van der Waals surface area contributed by atoms with Gasteiger partial charge in [-0.3, -0.25) is 4.31 Å². The van der Waals surface area contributed by atoms with E-state index in [1.54, 1.807) is 24.4 Å². The Labute approximate surface area is 183 Å². The molecule has 1 aliphatic rings. The fraction of sp³-hybridized carbons (Fsp3) is 0.120. The number of allylic oxidation sites excluding steroid dienone is 2. The standard InChI is InChI=1S/C25H22ClNO2S/c1-19-14-16-22(17-15-19)30(28,29)27-18-21(20-8-3-2-4-9-20)10-7-13-25(27)23-11-5-6-12-24(23)26/h2-9,11-18,25H,10H2,1H3. The molecule has 1 atom stereocenters. The summed E-state index contributed by atoms with van der Waals surface area (Å²) in [6, 6.07) is 23.6. The smallest absolute Gasteiger partial charge is 0.262 e. The summed E-state index contributed by atoms with van der Waals surface area (Å²) in [7, 11) is -3.81. The summed E-state index contributed by atoms with van der Waals surface area (Å²) in [4.78, 5) is 0.254. The molecule has 0 spiro atoms. The number of halogens is 1. The second-order valence-corrected chi connectivity index (χ2v) is 9.52. The Morgan fingerprint density at radius 3 is 2.27 bits per heavy atom. The van der Waals surface area contributed by atoms with Gasteiger partial charge in [0.05, 0.1) is 10.9 Å². The van der Waals surface area contributed by atoms with E-state index in [4.69, 9.17) is 11.6 Å². The van der Waals surface area contributed by atoms with Crippen molar-refractivity contribution < 1.29 is 8.42 Å². The molecular weight excluding hydrogens is 414 g/mol. The topological polar surface area (TPSA) is 37.4 Å². The van der Waals surface area contributed by atoms with Crippen molar-refractivity contribution in [2.45, 2.75) is 24.3 Å². The molecule has 152 valence electrons. The maximum atomic E-state index is 13.7. The molecule has 0 amide bonds. The van der Waals surface area contributed by atoms with Crippen LogP contribution in [0, 0.1) is 6.92 Å². The second-order valence-electron chi connectivity index (χ2n) is 7.27. The van der Waals surface area contributed by atoms with Crippen LogP contribution >= 0.6 is 11.6 Å². The second kappa shape index (κ2) is 8.50. The number of hydrogen-bond donors (Lipinski definition) is 0. The van der Waals surface area contributed by atoms with Crippen molar-refractivity contribution >= 4 is 27.2 Å². The van der Waals surface area contributed by atoms with Gasteiger partial charge in [-0.05, 0) is 48.2 Å². The Morgan fingerprint density at radius 2 is 1.57 bits per heavy atom. The fourth-order valence-electron chi connectivity index (χ4n) is 3.55. The molecule has 1 aliphatic heterocycles. The normalized spacial score (nSPS) is 16.8. The highest BCUT2D eigenvalue weighted by Gasteiger charge is 2.31. The molecule has 0 radical (unpaired) electrons. The van der Waals surface area contributed by atoms with Gasteiger partial charge in [0.2, 0.25) is 0 Å². The van der Waals surface area contributed by atoms with Crippen molar-refractivity contribution in [3.8, 4) is 0 Å². The summed E-state index contributed by atoms with van der Waals surface area (Å²) in [6.07, 6.45) is 6.31. The van der Waals surface area contributed by atoms with Gasteiger partial charge in [0.25, 0.3) is 10.0 Å². The molecule has 0 N–H and O–H groups in total. The van der Waals surface area contributed by atoms with Crippen LogP contribution in [-0.4, -0.2) is 12.7 Å².